The molecule has 34 heavy (non-hydrogen) atoms. The van der Waals surface area contributed by atoms with Crippen molar-refractivity contribution in [2.75, 3.05) is 11.1 Å². The molecule has 0 radical (unpaired) electrons. The van der Waals surface area contributed by atoms with Gasteiger partial charge in [0.15, 0.2) is 15.7 Å². The van der Waals surface area contributed by atoms with Crippen LogP contribution in [0.2, 0.25) is 0 Å². The van der Waals surface area contributed by atoms with E-state index in [1.54, 1.807) is 0 Å². The Kier molecular flexibility index (Phi) is 5.75. The van der Waals surface area contributed by atoms with E-state index in [9.17, 15) is 31.2 Å². The number of hydrogen-bond acceptors (Lipinski definition) is 6. The highest BCUT2D eigenvalue weighted by Crippen LogP contribution is 2.41. The summed E-state index contributed by atoms with van der Waals surface area (Å²) in [5.74, 6) is -0.968. The Balaban J connectivity index is 1.85. The molecule has 1 N–H and O–H groups in total. The fourth-order valence-electron chi connectivity index (χ4n) is 3.73. The van der Waals surface area contributed by atoms with E-state index in [2.05, 4.69) is 15.4 Å². The highest BCUT2D eigenvalue weighted by Gasteiger charge is 2.39. The normalized spacial score (nSPS) is 15.7. The number of pyridine rings is 1. The number of carbonyl (C=O) groups excluding carboxylic acids is 1. The van der Waals surface area contributed by atoms with E-state index in [1.165, 1.54) is 19.2 Å². The minimum absolute atomic E-state index is 0.127. The summed E-state index contributed by atoms with van der Waals surface area (Å²) < 4.78 is 65.7. The van der Waals surface area contributed by atoms with Gasteiger partial charge in [0, 0.05) is 10.8 Å². The standard InChI is InChI=1S/C22H21F3N4O4S/c1-3-34(32,33)17-10-15(28-20(31)21(2)7-4-8-21)12-26-18(17)29-19(30)16-9-14(22(23,24)25)6-5-13(16)11-27-29/h5-6,9-12H,3-4,7-8H2,1-2H3,(H,28,31). The molecule has 8 nitrogen and oxygen atoms in total. The molecule has 0 aliphatic heterocycles. The van der Waals surface area contributed by atoms with Crippen molar-refractivity contribution >= 4 is 32.2 Å². The molecule has 3 aromatic rings. The third-order valence-electron chi connectivity index (χ3n) is 6.13. The first-order valence-corrected chi connectivity index (χ1v) is 12.1. The summed E-state index contributed by atoms with van der Waals surface area (Å²) >= 11 is 0. The van der Waals surface area contributed by atoms with Crippen LogP contribution in [0, 0.1) is 5.41 Å². The van der Waals surface area contributed by atoms with E-state index >= 15 is 0 Å². The third-order valence-corrected chi connectivity index (χ3v) is 7.86. The maximum Gasteiger partial charge on any atom is 0.416 e. The number of nitrogens with one attached hydrogen (secondary N) is 1. The Hall–Kier alpha value is -3.28. The lowest BCUT2D eigenvalue weighted by Gasteiger charge is -2.36. The van der Waals surface area contributed by atoms with Crippen molar-refractivity contribution in [3.63, 3.8) is 0 Å². The Bertz CT molecular complexity index is 1460. The Morgan fingerprint density at radius 1 is 1.21 bits per heavy atom. The van der Waals surface area contributed by atoms with Crippen LogP contribution in [-0.4, -0.2) is 34.8 Å². The predicted molar refractivity (Wildman–Crippen MR) is 118 cm³/mol. The number of hydrogen-bond donors (Lipinski definition) is 1. The van der Waals surface area contributed by atoms with Gasteiger partial charge in [-0.1, -0.05) is 26.3 Å². The monoisotopic (exact) mass is 494 g/mol. The van der Waals surface area contributed by atoms with Gasteiger partial charge in [-0.2, -0.15) is 23.0 Å². The molecule has 0 unspecified atom stereocenters. The van der Waals surface area contributed by atoms with E-state index < -0.39 is 32.6 Å². The van der Waals surface area contributed by atoms with E-state index in [0.717, 1.165) is 24.8 Å². The number of benzene rings is 1. The van der Waals surface area contributed by atoms with Crippen molar-refractivity contribution in [2.45, 2.75) is 44.2 Å². The maximum atomic E-state index is 13.1. The van der Waals surface area contributed by atoms with Crippen LogP contribution in [0.1, 0.15) is 38.7 Å². The van der Waals surface area contributed by atoms with Gasteiger partial charge in [-0.05, 0) is 31.0 Å². The van der Waals surface area contributed by atoms with E-state index in [0.29, 0.717) is 23.6 Å². The molecular weight excluding hydrogens is 473 g/mol. The number of fused-ring (bicyclic) bond motifs is 1. The number of carbonyl (C=O) groups is 1. The second-order valence-electron chi connectivity index (χ2n) is 8.48. The quantitative estimate of drug-likeness (QED) is 0.579. The molecule has 1 saturated carbocycles. The van der Waals surface area contributed by atoms with E-state index in [1.807, 2.05) is 6.92 Å². The van der Waals surface area contributed by atoms with Crippen LogP contribution in [0.5, 0.6) is 0 Å². The Labute approximate surface area is 192 Å². The van der Waals surface area contributed by atoms with Gasteiger partial charge in [-0.15, -0.1) is 0 Å². The van der Waals surface area contributed by atoms with E-state index in [-0.39, 0.29) is 38.8 Å². The second-order valence-corrected chi connectivity index (χ2v) is 10.7. The maximum absolute atomic E-state index is 13.1. The largest absolute Gasteiger partial charge is 0.416 e. The summed E-state index contributed by atoms with van der Waals surface area (Å²) in [7, 11) is -3.96. The van der Waals surface area contributed by atoms with Gasteiger partial charge < -0.3 is 5.32 Å². The molecule has 0 bridgehead atoms. The number of nitrogens with zero attached hydrogens (tertiary/aromatic N) is 3. The molecule has 1 amide bonds. The zero-order valence-corrected chi connectivity index (χ0v) is 19.1. The number of halogens is 3. The number of anilines is 1. The van der Waals surface area contributed by atoms with Gasteiger partial charge >= 0.3 is 6.18 Å². The summed E-state index contributed by atoms with van der Waals surface area (Å²) in [6.07, 6.45) is 0.0216. The van der Waals surface area contributed by atoms with Crippen LogP contribution >= 0.6 is 0 Å². The molecule has 0 saturated heterocycles. The summed E-state index contributed by atoms with van der Waals surface area (Å²) in [6.45, 7) is 3.21. The van der Waals surface area contributed by atoms with Crippen LogP contribution in [0.4, 0.5) is 18.9 Å². The summed E-state index contributed by atoms with van der Waals surface area (Å²) in [4.78, 5) is 29.3. The van der Waals surface area contributed by atoms with Crippen LogP contribution in [-0.2, 0) is 20.8 Å². The number of amides is 1. The van der Waals surface area contributed by atoms with Crippen molar-refractivity contribution in [2.24, 2.45) is 5.41 Å². The molecule has 1 aliphatic carbocycles. The lowest BCUT2D eigenvalue weighted by molar-refractivity contribution is -0.137. The fourth-order valence-corrected chi connectivity index (χ4v) is 4.77. The fraction of sp³-hybridized carbons (Fsp3) is 0.364. The molecule has 1 aromatic carbocycles. The third kappa shape index (κ3) is 4.17. The zero-order valence-electron chi connectivity index (χ0n) is 18.3. The first kappa shape index (κ1) is 23.9. The molecule has 180 valence electrons. The van der Waals surface area contributed by atoms with Gasteiger partial charge in [-0.3, -0.25) is 9.59 Å². The predicted octanol–water partition coefficient (Wildman–Crippen LogP) is 3.72. The molecule has 4 rings (SSSR count). The lowest BCUT2D eigenvalue weighted by atomic mass is 9.70. The molecule has 0 atom stereocenters. The van der Waals surface area contributed by atoms with Gasteiger partial charge in [0.1, 0.15) is 4.90 Å². The topological polar surface area (TPSA) is 111 Å². The summed E-state index contributed by atoms with van der Waals surface area (Å²) in [6, 6.07) is 3.83. The van der Waals surface area contributed by atoms with Gasteiger partial charge in [0.25, 0.3) is 5.56 Å². The van der Waals surface area contributed by atoms with E-state index in [4.69, 9.17) is 0 Å². The SMILES string of the molecule is CCS(=O)(=O)c1cc(NC(=O)C2(C)CCC2)cnc1-n1ncc2ccc(C(F)(F)F)cc2c1=O. The van der Waals surface area contributed by atoms with Gasteiger partial charge in [0.05, 0.1) is 34.8 Å². The smallest absolute Gasteiger partial charge is 0.324 e. The van der Waals surface area contributed by atoms with Crippen molar-refractivity contribution in [3.8, 4) is 5.82 Å². The van der Waals surface area contributed by atoms with Crippen LogP contribution in [0.15, 0.2) is 46.3 Å². The zero-order chi connectivity index (χ0) is 24.9. The number of sulfone groups is 1. The van der Waals surface area contributed by atoms with Crippen LogP contribution in [0.25, 0.3) is 16.6 Å². The first-order chi connectivity index (χ1) is 15.9. The van der Waals surface area contributed by atoms with Crippen molar-refractivity contribution in [3.05, 3.63) is 52.6 Å². The molecule has 1 aliphatic rings. The lowest BCUT2D eigenvalue weighted by Crippen LogP contribution is -2.39. The summed E-state index contributed by atoms with van der Waals surface area (Å²) in [5.41, 5.74) is -2.40. The first-order valence-electron chi connectivity index (χ1n) is 10.5. The highest BCUT2D eigenvalue weighted by molar-refractivity contribution is 7.91. The molecule has 0 spiro atoms. The molecule has 2 aromatic heterocycles. The number of rotatable bonds is 5. The second kappa shape index (κ2) is 8.19. The van der Waals surface area contributed by atoms with Gasteiger partial charge in [0.2, 0.25) is 5.91 Å². The average Bonchev–Trinajstić information content (AvgIpc) is 2.77. The van der Waals surface area contributed by atoms with Crippen LogP contribution in [0.3, 0.4) is 0 Å². The molecular formula is C22H21F3N4O4S. The Morgan fingerprint density at radius 2 is 1.91 bits per heavy atom. The minimum Gasteiger partial charge on any atom is -0.324 e. The molecule has 12 heteroatoms. The molecule has 2 heterocycles. The highest BCUT2D eigenvalue weighted by atomic mass is 32.2. The average molecular weight is 494 g/mol. The molecule has 1 fully saturated rings. The number of alkyl halides is 3. The van der Waals surface area contributed by atoms with Crippen molar-refractivity contribution < 1.29 is 26.4 Å². The van der Waals surface area contributed by atoms with Crippen molar-refractivity contribution in [1.82, 2.24) is 14.8 Å². The number of aromatic nitrogens is 3. The minimum atomic E-state index is -4.67. The Morgan fingerprint density at radius 3 is 2.50 bits per heavy atom. The van der Waals surface area contributed by atoms with Gasteiger partial charge in [-0.25, -0.2) is 13.4 Å². The van der Waals surface area contributed by atoms with Crippen molar-refractivity contribution in [1.29, 1.82) is 0 Å². The van der Waals surface area contributed by atoms with Crippen LogP contribution < -0.4 is 10.9 Å². The summed E-state index contributed by atoms with van der Waals surface area (Å²) in [5, 5.41) is 6.48.